The third-order valence-electron chi connectivity index (χ3n) is 3.85. The minimum atomic E-state index is -0.809. The number of hydrogen-bond acceptors (Lipinski definition) is 4. The van der Waals surface area contributed by atoms with Gasteiger partial charge in [-0.2, -0.15) is 0 Å². The predicted octanol–water partition coefficient (Wildman–Crippen LogP) is 3.97. The molecule has 29 heavy (non-hydrogen) atoms. The molecule has 146 valence electrons. The van der Waals surface area contributed by atoms with Gasteiger partial charge in [0, 0.05) is 35.4 Å². The van der Waals surface area contributed by atoms with E-state index < -0.39 is 11.8 Å². The molecular formula is C22H20N4O3. The van der Waals surface area contributed by atoms with E-state index in [0.29, 0.717) is 17.1 Å². The van der Waals surface area contributed by atoms with Gasteiger partial charge in [0.15, 0.2) is 0 Å². The molecule has 0 fully saturated rings. The number of benzene rings is 3. The Hall–Kier alpha value is -4.13. The highest BCUT2D eigenvalue weighted by Crippen LogP contribution is 2.19. The van der Waals surface area contributed by atoms with Gasteiger partial charge in [-0.3, -0.25) is 14.4 Å². The summed E-state index contributed by atoms with van der Waals surface area (Å²) >= 11 is 0. The summed E-state index contributed by atoms with van der Waals surface area (Å²) in [5.41, 5.74) is 3.23. The van der Waals surface area contributed by atoms with Crippen molar-refractivity contribution in [3.05, 3.63) is 78.9 Å². The maximum Gasteiger partial charge on any atom is 0.314 e. The van der Waals surface area contributed by atoms with Gasteiger partial charge < -0.3 is 21.3 Å². The van der Waals surface area contributed by atoms with Crippen LogP contribution in [0.3, 0.4) is 0 Å². The lowest BCUT2D eigenvalue weighted by Gasteiger charge is -2.10. The number of anilines is 5. The van der Waals surface area contributed by atoms with Crippen molar-refractivity contribution in [3.63, 3.8) is 0 Å². The van der Waals surface area contributed by atoms with Crippen LogP contribution in [-0.2, 0) is 14.4 Å². The number of para-hydroxylation sites is 1. The summed E-state index contributed by atoms with van der Waals surface area (Å²) in [5.74, 6) is -1.83. The van der Waals surface area contributed by atoms with Crippen molar-refractivity contribution in [2.75, 3.05) is 21.3 Å². The van der Waals surface area contributed by atoms with Crippen molar-refractivity contribution in [2.45, 2.75) is 6.92 Å². The van der Waals surface area contributed by atoms with Gasteiger partial charge in [-0.05, 0) is 54.6 Å². The molecule has 7 nitrogen and oxygen atoms in total. The van der Waals surface area contributed by atoms with Crippen LogP contribution in [-0.4, -0.2) is 17.7 Å². The molecule has 0 aliphatic rings. The van der Waals surface area contributed by atoms with Crippen molar-refractivity contribution < 1.29 is 14.4 Å². The van der Waals surface area contributed by atoms with Gasteiger partial charge >= 0.3 is 11.8 Å². The highest BCUT2D eigenvalue weighted by atomic mass is 16.2. The second kappa shape index (κ2) is 9.18. The SMILES string of the molecule is CC(=O)Nc1cccc(NC(=O)C(=O)Nc2ccc(Nc3ccccc3)cc2)c1. The van der Waals surface area contributed by atoms with Crippen molar-refractivity contribution in [1.29, 1.82) is 0 Å². The average molecular weight is 388 g/mol. The summed E-state index contributed by atoms with van der Waals surface area (Å²) in [5, 5.41) is 10.9. The molecule has 0 aliphatic carbocycles. The third-order valence-corrected chi connectivity index (χ3v) is 3.85. The summed E-state index contributed by atoms with van der Waals surface area (Å²) in [6.07, 6.45) is 0. The average Bonchev–Trinajstić information content (AvgIpc) is 2.70. The fraction of sp³-hybridized carbons (Fsp3) is 0.0455. The molecule has 0 spiro atoms. The lowest BCUT2D eigenvalue weighted by atomic mass is 10.2. The molecule has 3 rings (SSSR count). The highest BCUT2D eigenvalue weighted by Gasteiger charge is 2.14. The Bertz CT molecular complexity index is 1020. The van der Waals surface area contributed by atoms with E-state index in [-0.39, 0.29) is 5.91 Å². The van der Waals surface area contributed by atoms with Gasteiger partial charge in [-0.25, -0.2) is 0 Å². The molecule has 3 amide bonds. The van der Waals surface area contributed by atoms with Crippen molar-refractivity contribution in [3.8, 4) is 0 Å². The van der Waals surface area contributed by atoms with E-state index in [9.17, 15) is 14.4 Å². The van der Waals surface area contributed by atoms with Gasteiger partial charge in [0.1, 0.15) is 0 Å². The Morgan fingerprint density at radius 3 is 1.66 bits per heavy atom. The van der Waals surface area contributed by atoms with Crippen molar-refractivity contribution in [2.24, 2.45) is 0 Å². The molecular weight excluding hydrogens is 368 g/mol. The first-order valence-electron chi connectivity index (χ1n) is 8.92. The van der Waals surface area contributed by atoms with E-state index in [1.54, 1.807) is 48.5 Å². The van der Waals surface area contributed by atoms with Gasteiger partial charge in [-0.15, -0.1) is 0 Å². The van der Waals surface area contributed by atoms with Gasteiger partial charge in [0.2, 0.25) is 5.91 Å². The smallest absolute Gasteiger partial charge is 0.314 e. The number of rotatable bonds is 5. The number of carbonyl (C=O) groups excluding carboxylic acids is 3. The van der Waals surface area contributed by atoms with Crippen molar-refractivity contribution >= 4 is 46.2 Å². The Morgan fingerprint density at radius 2 is 1.03 bits per heavy atom. The molecule has 0 aromatic heterocycles. The number of carbonyl (C=O) groups is 3. The second-order valence-electron chi connectivity index (χ2n) is 6.24. The molecule has 0 saturated heterocycles. The van der Waals surface area contributed by atoms with Gasteiger partial charge in [0.25, 0.3) is 0 Å². The molecule has 0 bridgehead atoms. The third kappa shape index (κ3) is 5.93. The first-order valence-corrected chi connectivity index (χ1v) is 8.92. The highest BCUT2D eigenvalue weighted by molar-refractivity contribution is 6.43. The molecule has 7 heteroatoms. The van der Waals surface area contributed by atoms with Gasteiger partial charge in [0.05, 0.1) is 0 Å². The fourth-order valence-electron chi connectivity index (χ4n) is 2.58. The molecule has 0 aliphatic heterocycles. The topological polar surface area (TPSA) is 99.3 Å². The lowest BCUT2D eigenvalue weighted by Crippen LogP contribution is -2.29. The van der Waals surface area contributed by atoms with Crippen LogP contribution in [0.2, 0.25) is 0 Å². The van der Waals surface area contributed by atoms with E-state index >= 15 is 0 Å². The summed E-state index contributed by atoms with van der Waals surface area (Å²) < 4.78 is 0. The molecule has 3 aromatic rings. The van der Waals surface area contributed by atoms with Crippen LogP contribution in [0.4, 0.5) is 28.4 Å². The van der Waals surface area contributed by atoms with E-state index in [1.807, 2.05) is 30.3 Å². The maximum absolute atomic E-state index is 12.1. The molecule has 0 heterocycles. The molecule has 3 aromatic carbocycles. The molecule has 0 radical (unpaired) electrons. The van der Waals surface area contributed by atoms with Crippen LogP contribution < -0.4 is 21.3 Å². The minimum absolute atomic E-state index is 0.226. The molecule has 0 saturated carbocycles. The summed E-state index contributed by atoms with van der Waals surface area (Å²) in [6.45, 7) is 1.39. The zero-order chi connectivity index (χ0) is 20.6. The molecule has 0 unspecified atom stereocenters. The standard InChI is InChI=1S/C22H20N4O3/c1-15(27)23-19-8-5-9-20(14-19)26-22(29)21(28)25-18-12-10-17(11-13-18)24-16-6-3-2-4-7-16/h2-14,24H,1H3,(H,23,27)(H,25,28)(H,26,29). The maximum atomic E-state index is 12.1. The summed E-state index contributed by atoms with van der Waals surface area (Å²) in [7, 11) is 0. The number of amides is 3. The minimum Gasteiger partial charge on any atom is -0.356 e. The Labute approximate surface area is 168 Å². The van der Waals surface area contributed by atoms with E-state index in [4.69, 9.17) is 0 Å². The van der Waals surface area contributed by atoms with Crippen molar-refractivity contribution in [1.82, 2.24) is 0 Å². The first-order chi connectivity index (χ1) is 14.0. The van der Waals surface area contributed by atoms with Crippen LogP contribution in [0.25, 0.3) is 0 Å². The van der Waals surface area contributed by atoms with Gasteiger partial charge in [-0.1, -0.05) is 24.3 Å². The zero-order valence-electron chi connectivity index (χ0n) is 15.7. The summed E-state index contributed by atoms with van der Waals surface area (Å²) in [6, 6.07) is 23.2. The lowest BCUT2D eigenvalue weighted by molar-refractivity contribution is -0.132. The van der Waals surface area contributed by atoms with Crippen LogP contribution in [0.15, 0.2) is 78.9 Å². The zero-order valence-corrected chi connectivity index (χ0v) is 15.7. The Kier molecular flexibility index (Phi) is 6.22. The fourth-order valence-corrected chi connectivity index (χ4v) is 2.58. The van der Waals surface area contributed by atoms with E-state index in [0.717, 1.165) is 11.4 Å². The Morgan fingerprint density at radius 1 is 0.552 bits per heavy atom. The first kappa shape index (κ1) is 19.6. The monoisotopic (exact) mass is 388 g/mol. The molecule has 0 atom stereocenters. The normalized spacial score (nSPS) is 9.97. The van der Waals surface area contributed by atoms with Crippen LogP contribution in [0, 0.1) is 0 Å². The largest absolute Gasteiger partial charge is 0.356 e. The quantitative estimate of drug-likeness (QED) is 0.497. The van der Waals surface area contributed by atoms with Crippen LogP contribution >= 0.6 is 0 Å². The van der Waals surface area contributed by atoms with Crippen LogP contribution in [0.5, 0.6) is 0 Å². The Balaban J connectivity index is 1.57. The number of nitrogens with one attached hydrogen (secondary N) is 4. The predicted molar refractivity (Wildman–Crippen MR) is 114 cm³/mol. The summed E-state index contributed by atoms with van der Waals surface area (Å²) in [4.78, 5) is 35.4. The van der Waals surface area contributed by atoms with Crippen LogP contribution in [0.1, 0.15) is 6.92 Å². The van der Waals surface area contributed by atoms with E-state index in [2.05, 4.69) is 21.3 Å². The second-order valence-corrected chi connectivity index (χ2v) is 6.24. The number of hydrogen-bond donors (Lipinski definition) is 4. The van der Waals surface area contributed by atoms with E-state index in [1.165, 1.54) is 6.92 Å². The molecule has 4 N–H and O–H groups in total.